The number of amides is 2. The van der Waals surface area contributed by atoms with Crippen molar-refractivity contribution in [3.63, 3.8) is 0 Å². The van der Waals surface area contributed by atoms with E-state index in [1.807, 2.05) is 25.1 Å². The molecular weight excluding hydrogens is 386 g/mol. The summed E-state index contributed by atoms with van der Waals surface area (Å²) in [5, 5.41) is 9.24. The highest BCUT2D eigenvalue weighted by atomic mass is 16.5. The van der Waals surface area contributed by atoms with Crippen molar-refractivity contribution in [3.05, 3.63) is 77.2 Å². The Kier molecular flexibility index (Phi) is 7.18. The van der Waals surface area contributed by atoms with Gasteiger partial charge in [0.15, 0.2) is 11.5 Å². The summed E-state index contributed by atoms with van der Waals surface area (Å²) in [6, 6.07) is 15.9. The van der Waals surface area contributed by atoms with Crippen LogP contribution < -0.4 is 15.4 Å². The summed E-state index contributed by atoms with van der Waals surface area (Å²) in [7, 11) is 1.56. The monoisotopic (exact) mass is 409 g/mol. The molecule has 0 radical (unpaired) electrons. The van der Waals surface area contributed by atoms with Gasteiger partial charge in [0.05, 0.1) is 6.61 Å². The molecule has 0 aliphatic carbocycles. The minimum absolute atomic E-state index is 0.118. The molecule has 0 atom stereocenters. The van der Waals surface area contributed by atoms with Crippen LogP contribution in [0.25, 0.3) is 0 Å². The summed E-state index contributed by atoms with van der Waals surface area (Å²) < 4.78 is 15.6. The smallest absolute Gasteiger partial charge is 0.273 e. The summed E-state index contributed by atoms with van der Waals surface area (Å²) in [5.74, 6) is 0.496. The number of aryl methyl sites for hydroxylation is 1. The Bertz CT molecular complexity index is 998. The standard InChI is InChI=1S/C22H23N3O5/c1-15-4-3-5-16(12-15)21(26)24-17-6-8-18(9-7-17)29-14-19-13-20(25-30-19)22(27)23-10-11-28-2/h3-9,12-13H,10-11,14H2,1-2H3,(H,23,27)(H,24,26). The molecule has 0 spiro atoms. The third kappa shape index (κ3) is 5.92. The van der Waals surface area contributed by atoms with Crippen molar-refractivity contribution in [2.24, 2.45) is 0 Å². The lowest BCUT2D eigenvalue weighted by Crippen LogP contribution is -2.27. The second-order valence-electron chi connectivity index (χ2n) is 6.56. The van der Waals surface area contributed by atoms with E-state index in [2.05, 4.69) is 15.8 Å². The van der Waals surface area contributed by atoms with E-state index in [0.29, 0.717) is 35.9 Å². The first-order chi connectivity index (χ1) is 14.5. The summed E-state index contributed by atoms with van der Waals surface area (Å²) in [6.45, 7) is 2.86. The number of carbonyl (C=O) groups is 2. The van der Waals surface area contributed by atoms with E-state index in [4.69, 9.17) is 14.0 Å². The van der Waals surface area contributed by atoms with Gasteiger partial charge in [0.25, 0.3) is 11.8 Å². The van der Waals surface area contributed by atoms with E-state index in [1.165, 1.54) is 6.07 Å². The summed E-state index contributed by atoms with van der Waals surface area (Å²) in [4.78, 5) is 24.2. The fraction of sp³-hybridized carbons (Fsp3) is 0.227. The first kappa shape index (κ1) is 21.1. The zero-order valence-electron chi connectivity index (χ0n) is 16.8. The molecule has 8 heteroatoms. The minimum Gasteiger partial charge on any atom is -0.486 e. The van der Waals surface area contributed by atoms with Crippen molar-refractivity contribution >= 4 is 17.5 Å². The van der Waals surface area contributed by atoms with Crippen molar-refractivity contribution < 1.29 is 23.6 Å². The van der Waals surface area contributed by atoms with Crippen LogP contribution in [0.1, 0.15) is 32.2 Å². The predicted molar refractivity (Wildman–Crippen MR) is 111 cm³/mol. The SMILES string of the molecule is COCCNC(=O)c1cc(COc2ccc(NC(=O)c3cccc(C)c3)cc2)on1. The third-order valence-electron chi connectivity index (χ3n) is 4.16. The van der Waals surface area contributed by atoms with E-state index in [-0.39, 0.29) is 24.1 Å². The van der Waals surface area contributed by atoms with Gasteiger partial charge in [0, 0.05) is 31.0 Å². The molecule has 156 valence electrons. The first-order valence-corrected chi connectivity index (χ1v) is 9.39. The molecule has 0 saturated heterocycles. The highest BCUT2D eigenvalue weighted by molar-refractivity contribution is 6.04. The fourth-order valence-corrected chi connectivity index (χ4v) is 2.62. The molecule has 0 aliphatic heterocycles. The van der Waals surface area contributed by atoms with Crippen LogP contribution in [-0.2, 0) is 11.3 Å². The van der Waals surface area contributed by atoms with Crippen LogP contribution in [-0.4, -0.2) is 37.2 Å². The Labute approximate surface area is 174 Å². The van der Waals surface area contributed by atoms with Crippen LogP contribution in [0.15, 0.2) is 59.1 Å². The first-order valence-electron chi connectivity index (χ1n) is 9.39. The number of benzene rings is 2. The number of ether oxygens (including phenoxy) is 2. The maximum atomic E-state index is 12.3. The maximum absolute atomic E-state index is 12.3. The van der Waals surface area contributed by atoms with Crippen LogP contribution in [0.4, 0.5) is 5.69 Å². The number of anilines is 1. The van der Waals surface area contributed by atoms with Gasteiger partial charge in [-0.3, -0.25) is 9.59 Å². The van der Waals surface area contributed by atoms with Crippen molar-refractivity contribution in [1.82, 2.24) is 10.5 Å². The molecule has 2 N–H and O–H groups in total. The van der Waals surface area contributed by atoms with Crippen LogP contribution in [0.2, 0.25) is 0 Å². The normalized spacial score (nSPS) is 10.5. The van der Waals surface area contributed by atoms with Gasteiger partial charge in [0.1, 0.15) is 12.4 Å². The van der Waals surface area contributed by atoms with Crippen LogP contribution in [0, 0.1) is 6.92 Å². The lowest BCUT2D eigenvalue weighted by atomic mass is 10.1. The Balaban J connectivity index is 1.50. The number of nitrogens with zero attached hydrogens (tertiary/aromatic N) is 1. The van der Waals surface area contributed by atoms with Gasteiger partial charge >= 0.3 is 0 Å². The van der Waals surface area contributed by atoms with Crippen LogP contribution >= 0.6 is 0 Å². The molecule has 30 heavy (non-hydrogen) atoms. The van der Waals surface area contributed by atoms with Gasteiger partial charge < -0.3 is 24.6 Å². The molecule has 1 aromatic heterocycles. The number of hydrogen-bond donors (Lipinski definition) is 2. The molecule has 1 heterocycles. The average molecular weight is 409 g/mol. The van der Waals surface area contributed by atoms with E-state index in [1.54, 1.807) is 37.4 Å². The molecule has 0 bridgehead atoms. The van der Waals surface area contributed by atoms with Gasteiger partial charge in [-0.25, -0.2) is 0 Å². The number of aromatic nitrogens is 1. The van der Waals surface area contributed by atoms with E-state index in [0.717, 1.165) is 5.56 Å². The summed E-state index contributed by atoms with van der Waals surface area (Å²) >= 11 is 0. The largest absolute Gasteiger partial charge is 0.486 e. The molecule has 0 saturated carbocycles. The Morgan fingerprint density at radius 1 is 1.07 bits per heavy atom. The number of methoxy groups -OCH3 is 1. The van der Waals surface area contributed by atoms with Gasteiger partial charge in [-0.05, 0) is 43.3 Å². The Morgan fingerprint density at radius 3 is 2.60 bits per heavy atom. The molecule has 3 rings (SSSR count). The maximum Gasteiger partial charge on any atom is 0.273 e. The third-order valence-corrected chi connectivity index (χ3v) is 4.16. The average Bonchev–Trinajstić information content (AvgIpc) is 3.22. The number of hydrogen-bond acceptors (Lipinski definition) is 6. The van der Waals surface area contributed by atoms with Gasteiger partial charge in [-0.1, -0.05) is 22.9 Å². The van der Waals surface area contributed by atoms with Crippen molar-refractivity contribution in [1.29, 1.82) is 0 Å². The van der Waals surface area contributed by atoms with Gasteiger partial charge in [0.2, 0.25) is 0 Å². The Hall–Kier alpha value is -3.65. The van der Waals surface area contributed by atoms with Gasteiger partial charge in [-0.15, -0.1) is 0 Å². The van der Waals surface area contributed by atoms with E-state index in [9.17, 15) is 9.59 Å². The molecule has 8 nitrogen and oxygen atoms in total. The van der Waals surface area contributed by atoms with Crippen LogP contribution in [0.3, 0.4) is 0 Å². The zero-order chi connectivity index (χ0) is 21.3. The van der Waals surface area contributed by atoms with Crippen molar-refractivity contribution in [2.75, 3.05) is 25.6 Å². The van der Waals surface area contributed by atoms with Crippen LogP contribution in [0.5, 0.6) is 5.75 Å². The number of carbonyl (C=O) groups excluding carboxylic acids is 2. The summed E-state index contributed by atoms with van der Waals surface area (Å²) in [6.07, 6.45) is 0. The minimum atomic E-state index is -0.337. The summed E-state index contributed by atoms with van der Waals surface area (Å²) in [5.41, 5.74) is 2.46. The lowest BCUT2D eigenvalue weighted by Gasteiger charge is -2.08. The molecule has 0 fully saturated rings. The molecule has 0 unspecified atom stereocenters. The molecule has 2 amide bonds. The number of rotatable bonds is 9. The molecule has 3 aromatic rings. The van der Waals surface area contributed by atoms with Crippen molar-refractivity contribution in [3.8, 4) is 5.75 Å². The topological polar surface area (TPSA) is 103 Å². The number of nitrogens with one attached hydrogen (secondary N) is 2. The second-order valence-corrected chi connectivity index (χ2v) is 6.56. The fourth-order valence-electron chi connectivity index (χ4n) is 2.62. The molecule has 0 aliphatic rings. The van der Waals surface area contributed by atoms with Crippen molar-refractivity contribution in [2.45, 2.75) is 13.5 Å². The molecular formula is C22H23N3O5. The molecule has 2 aromatic carbocycles. The lowest BCUT2D eigenvalue weighted by molar-refractivity contribution is 0.0927. The quantitative estimate of drug-likeness (QED) is 0.526. The zero-order valence-corrected chi connectivity index (χ0v) is 16.8. The van der Waals surface area contributed by atoms with Gasteiger partial charge in [-0.2, -0.15) is 0 Å². The highest BCUT2D eigenvalue weighted by Crippen LogP contribution is 2.18. The predicted octanol–water partition coefficient (Wildman–Crippen LogP) is 3.19. The van der Waals surface area contributed by atoms with E-state index < -0.39 is 0 Å². The highest BCUT2D eigenvalue weighted by Gasteiger charge is 2.12. The second kappa shape index (κ2) is 10.2. The Morgan fingerprint density at radius 2 is 1.87 bits per heavy atom. The van der Waals surface area contributed by atoms with E-state index >= 15 is 0 Å².